The Hall–Kier alpha value is -2.18. The van der Waals surface area contributed by atoms with Gasteiger partial charge in [0.05, 0.1) is 6.61 Å². The Morgan fingerprint density at radius 3 is 2.50 bits per heavy atom. The normalized spacial score (nSPS) is 12.3. The maximum atomic E-state index is 12.2. The molecule has 0 saturated carbocycles. The largest absolute Gasteiger partial charge is 0.460 e. The summed E-state index contributed by atoms with van der Waals surface area (Å²) >= 11 is 0. The number of ether oxygens (including phenoxy) is 3. The zero-order chi connectivity index (χ0) is 16.4. The number of hydrogen-bond donors (Lipinski definition) is 0. The number of aryl methyl sites for hydroxylation is 1. The topological polar surface area (TPSA) is 61.1 Å². The van der Waals surface area contributed by atoms with E-state index >= 15 is 0 Å². The van der Waals surface area contributed by atoms with Crippen LogP contribution in [0.3, 0.4) is 0 Å². The fraction of sp³-hybridized carbons (Fsp3) is 0.353. The Morgan fingerprint density at radius 1 is 1.17 bits per heavy atom. The molecule has 130 valence electrons. The van der Waals surface area contributed by atoms with E-state index in [1.807, 2.05) is 25.9 Å². The molecule has 3 rings (SSSR count). The first-order chi connectivity index (χ1) is 11.1. The summed E-state index contributed by atoms with van der Waals surface area (Å²) in [7, 11) is 3.96. The molecule has 24 heavy (non-hydrogen) atoms. The maximum absolute atomic E-state index is 12.2. The van der Waals surface area contributed by atoms with Crippen molar-refractivity contribution in [1.82, 2.24) is 4.90 Å². The Morgan fingerprint density at radius 2 is 1.83 bits per heavy atom. The Balaban J connectivity index is 0.00000208. The highest BCUT2D eigenvalue weighted by Crippen LogP contribution is 2.38. The molecular formula is C17H20ClNO5. The third kappa shape index (κ3) is 3.66. The van der Waals surface area contributed by atoms with Crippen LogP contribution in [-0.2, 0) is 4.74 Å². The Labute approximate surface area is 146 Å². The summed E-state index contributed by atoms with van der Waals surface area (Å²) in [6.45, 7) is 3.05. The fourth-order valence-electron chi connectivity index (χ4n) is 2.42. The summed E-state index contributed by atoms with van der Waals surface area (Å²) < 4.78 is 21.7. The molecule has 2 heterocycles. The van der Waals surface area contributed by atoms with E-state index in [9.17, 15) is 4.79 Å². The summed E-state index contributed by atoms with van der Waals surface area (Å²) in [6.07, 6.45) is 3.69. The average molecular weight is 354 g/mol. The van der Waals surface area contributed by atoms with Gasteiger partial charge in [-0.25, -0.2) is 4.79 Å². The minimum Gasteiger partial charge on any atom is -0.460 e. The molecule has 0 atom stereocenters. The van der Waals surface area contributed by atoms with Gasteiger partial charge in [0.1, 0.15) is 18.1 Å². The second-order valence-electron chi connectivity index (χ2n) is 5.65. The highest BCUT2D eigenvalue weighted by molar-refractivity contribution is 5.97. The molecule has 0 bridgehead atoms. The Bertz CT molecular complexity index is 766. The first kappa shape index (κ1) is 18.2. The lowest BCUT2D eigenvalue weighted by molar-refractivity contribution is 0.0458. The van der Waals surface area contributed by atoms with Gasteiger partial charge in [0.2, 0.25) is 5.76 Å². The van der Waals surface area contributed by atoms with Crippen LogP contribution >= 0.6 is 12.4 Å². The molecule has 0 fully saturated rings. The number of benzene rings is 1. The van der Waals surface area contributed by atoms with Crippen molar-refractivity contribution >= 4 is 29.3 Å². The van der Waals surface area contributed by atoms with E-state index in [1.54, 1.807) is 12.1 Å². The van der Waals surface area contributed by atoms with Crippen molar-refractivity contribution in [2.24, 2.45) is 0 Å². The fourth-order valence-corrected chi connectivity index (χ4v) is 2.42. The SMILES string of the molecule is Cc1c(C(=O)OCCCN(C)C)oc2cc3c(cc12)OC=CO3.Cl. The van der Waals surface area contributed by atoms with E-state index < -0.39 is 5.97 Å². The minimum absolute atomic E-state index is 0. The molecule has 0 unspecified atom stereocenters. The number of halogens is 1. The molecule has 7 heteroatoms. The van der Waals surface area contributed by atoms with E-state index in [0.717, 1.165) is 23.9 Å². The number of carbonyl (C=O) groups excluding carboxylic acids is 1. The second-order valence-corrected chi connectivity index (χ2v) is 5.65. The van der Waals surface area contributed by atoms with E-state index in [1.165, 1.54) is 12.5 Å². The quantitative estimate of drug-likeness (QED) is 0.605. The molecule has 0 aliphatic carbocycles. The molecule has 1 aromatic carbocycles. The van der Waals surface area contributed by atoms with Crippen LogP contribution in [0.2, 0.25) is 0 Å². The van der Waals surface area contributed by atoms with E-state index in [4.69, 9.17) is 18.6 Å². The first-order valence-electron chi connectivity index (χ1n) is 7.43. The summed E-state index contributed by atoms with van der Waals surface area (Å²) in [5.41, 5.74) is 1.30. The van der Waals surface area contributed by atoms with Crippen molar-refractivity contribution < 1.29 is 23.4 Å². The van der Waals surface area contributed by atoms with Crippen molar-refractivity contribution in [2.75, 3.05) is 27.2 Å². The van der Waals surface area contributed by atoms with Crippen LogP contribution in [0.1, 0.15) is 22.5 Å². The van der Waals surface area contributed by atoms with Crippen LogP contribution in [0.25, 0.3) is 11.0 Å². The second kappa shape index (κ2) is 7.59. The van der Waals surface area contributed by atoms with Crippen LogP contribution < -0.4 is 9.47 Å². The molecule has 0 saturated heterocycles. The van der Waals surface area contributed by atoms with Crippen molar-refractivity contribution in [3.05, 3.63) is 36.0 Å². The predicted molar refractivity (Wildman–Crippen MR) is 92.0 cm³/mol. The lowest BCUT2D eigenvalue weighted by Crippen LogP contribution is -2.16. The standard InChI is InChI=1S/C17H19NO5.ClH/c1-11-12-9-14-15(21-8-7-20-14)10-13(12)23-16(11)17(19)22-6-4-5-18(2)3;/h7-10H,4-6H2,1-3H3;1H. The lowest BCUT2D eigenvalue weighted by Gasteiger charge is -2.11. The van der Waals surface area contributed by atoms with Gasteiger partial charge in [-0.15, -0.1) is 12.4 Å². The number of hydrogen-bond acceptors (Lipinski definition) is 6. The van der Waals surface area contributed by atoms with E-state index in [-0.39, 0.29) is 18.2 Å². The van der Waals surface area contributed by atoms with Crippen LogP contribution in [0.15, 0.2) is 29.1 Å². The maximum Gasteiger partial charge on any atom is 0.374 e. The molecule has 1 aliphatic rings. The van der Waals surface area contributed by atoms with Crippen molar-refractivity contribution in [2.45, 2.75) is 13.3 Å². The number of fused-ring (bicyclic) bond motifs is 2. The Kier molecular flexibility index (Phi) is 5.75. The monoisotopic (exact) mass is 353 g/mol. The molecule has 0 N–H and O–H groups in total. The average Bonchev–Trinajstić information content (AvgIpc) is 2.85. The molecule has 1 aromatic heterocycles. The highest BCUT2D eigenvalue weighted by atomic mass is 35.5. The van der Waals surface area contributed by atoms with Gasteiger partial charge in [0.25, 0.3) is 0 Å². The first-order valence-corrected chi connectivity index (χ1v) is 7.43. The smallest absolute Gasteiger partial charge is 0.374 e. The predicted octanol–water partition coefficient (Wildman–Crippen LogP) is 3.51. The molecule has 1 aliphatic heterocycles. The summed E-state index contributed by atoms with van der Waals surface area (Å²) in [5.74, 6) is 0.921. The summed E-state index contributed by atoms with van der Waals surface area (Å²) in [4.78, 5) is 14.2. The van der Waals surface area contributed by atoms with Crippen molar-refractivity contribution in [3.8, 4) is 11.5 Å². The van der Waals surface area contributed by atoms with Gasteiger partial charge in [0.15, 0.2) is 11.5 Å². The number of rotatable bonds is 5. The zero-order valence-corrected chi connectivity index (χ0v) is 14.6. The number of carbonyl (C=O) groups is 1. The number of esters is 1. The van der Waals surface area contributed by atoms with Crippen molar-refractivity contribution in [3.63, 3.8) is 0 Å². The minimum atomic E-state index is -0.449. The lowest BCUT2D eigenvalue weighted by atomic mass is 10.1. The van der Waals surface area contributed by atoms with Gasteiger partial charge < -0.3 is 23.5 Å². The van der Waals surface area contributed by atoms with Gasteiger partial charge >= 0.3 is 5.97 Å². The van der Waals surface area contributed by atoms with Gasteiger partial charge in [-0.05, 0) is 33.5 Å². The third-order valence-corrected chi connectivity index (χ3v) is 3.62. The third-order valence-electron chi connectivity index (χ3n) is 3.62. The van der Waals surface area contributed by atoms with Crippen LogP contribution in [-0.4, -0.2) is 38.1 Å². The van der Waals surface area contributed by atoms with Gasteiger partial charge in [0, 0.05) is 23.6 Å². The summed E-state index contributed by atoms with van der Waals surface area (Å²) in [5, 5.41) is 0.808. The number of nitrogens with zero attached hydrogens (tertiary/aromatic N) is 1. The molecule has 6 nitrogen and oxygen atoms in total. The van der Waals surface area contributed by atoms with Crippen molar-refractivity contribution in [1.29, 1.82) is 0 Å². The molecule has 2 aromatic rings. The summed E-state index contributed by atoms with van der Waals surface area (Å²) in [6, 6.07) is 3.51. The number of furan rings is 1. The zero-order valence-electron chi connectivity index (χ0n) is 13.8. The van der Waals surface area contributed by atoms with Gasteiger partial charge in [-0.1, -0.05) is 0 Å². The van der Waals surface area contributed by atoms with Crippen LogP contribution in [0, 0.1) is 6.92 Å². The molecular weight excluding hydrogens is 334 g/mol. The van der Waals surface area contributed by atoms with Crippen LogP contribution in [0.5, 0.6) is 11.5 Å². The van der Waals surface area contributed by atoms with Gasteiger partial charge in [-0.3, -0.25) is 0 Å². The highest BCUT2D eigenvalue weighted by Gasteiger charge is 2.21. The molecule has 0 radical (unpaired) electrons. The van der Waals surface area contributed by atoms with Gasteiger partial charge in [-0.2, -0.15) is 0 Å². The molecule has 0 spiro atoms. The van der Waals surface area contributed by atoms with Crippen LogP contribution in [0.4, 0.5) is 0 Å². The molecule has 0 amide bonds. The van der Waals surface area contributed by atoms with E-state index in [2.05, 4.69) is 0 Å². The van der Waals surface area contributed by atoms with E-state index in [0.29, 0.717) is 23.7 Å².